The van der Waals surface area contributed by atoms with Crippen LogP contribution in [0, 0.1) is 6.92 Å². The minimum atomic E-state index is -0.295. The van der Waals surface area contributed by atoms with Gasteiger partial charge in [-0.3, -0.25) is 4.79 Å². The zero-order chi connectivity index (χ0) is 20.4. The molecule has 0 saturated heterocycles. The Bertz CT molecular complexity index is 1150. The third-order valence-corrected chi connectivity index (χ3v) is 4.97. The Morgan fingerprint density at radius 2 is 1.83 bits per heavy atom. The molecule has 4 rings (SSSR count). The van der Waals surface area contributed by atoms with Crippen LogP contribution in [-0.4, -0.2) is 27.4 Å². The normalized spacial score (nSPS) is 10.7. The van der Waals surface area contributed by atoms with E-state index < -0.39 is 0 Å². The highest BCUT2D eigenvalue weighted by atomic mass is 35.5. The largest absolute Gasteiger partial charge is 0.495 e. The molecule has 2 aromatic carbocycles. The quantitative estimate of drug-likeness (QED) is 0.513. The highest BCUT2D eigenvalue weighted by Gasteiger charge is 2.21. The molecule has 146 valence electrons. The van der Waals surface area contributed by atoms with E-state index in [0.29, 0.717) is 27.8 Å². The summed E-state index contributed by atoms with van der Waals surface area (Å²) in [6.45, 7) is 1.87. The van der Waals surface area contributed by atoms with Crippen LogP contribution in [0.3, 0.4) is 0 Å². The number of hydrogen-bond donors (Lipinski definition) is 1. The van der Waals surface area contributed by atoms with Gasteiger partial charge >= 0.3 is 0 Å². The Balaban J connectivity index is 1.77. The number of aryl methyl sites for hydroxylation is 1. The second kappa shape index (κ2) is 7.85. The van der Waals surface area contributed by atoms with E-state index in [1.54, 1.807) is 23.0 Å². The van der Waals surface area contributed by atoms with E-state index in [-0.39, 0.29) is 5.91 Å². The first-order valence-electron chi connectivity index (χ1n) is 9.00. The molecule has 0 fully saturated rings. The number of nitrogens with zero attached hydrogens (tertiary/aromatic N) is 3. The zero-order valence-electron chi connectivity index (χ0n) is 16.0. The number of amides is 1. The molecule has 6 nitrogen and oxygen atoms in total. The Labute approximate surface area is 173 Å². The number of anilines is 1. The maximum atomic E-state index is 13.2. The summed E-state index contributed by atoms with van der Waals surface area (Å²) in [5.41, 5.74) is 2.67. The van der Waals surface area contributed by atoms with E-state index in [0.717, 1.165) is 11.3 Å². The summed E-state index contributed by atoms with van der Waals surface area (Å²) in [5.74, 6) is 0.839. The molecule has 7 heteroatoms. The van der Waals surface area contributed by atoms with Crippen molar-refractivity contribution in [1.29, 1.82) is 0 Å². The number of carbonyl (C=O) groups is 1. The van der Waals surface area contributed by atoms with Gasteiger partial charge in [0.2, 0.25) is 0 Å². The number of ether oxygens (including phenoxy) is 1. The monoisotopic (exact) mass is 406 g/mol. The van der Waals surface area contributed by atoms with Gasteiger partial charge in [0, 0.05) is 23.5 Å². The van der Waals surface area contributed by atoms with Crippen LogP contribution in [0.15, 0.2) is 73.2 Å². The van der Waals surface area contributed by atoms with Crippen LogP contribution in [0.5, 0.6) is 5.75 Å². The molecule has 0 aliphatic rings. The van der Waals surface area contributed by atoms with E-state index in [1.165, 1.54) is 7.11 Å². The van der Waals surface area contributed by atoms with Crippen molar-refractivity contribution in [3.63, 3.8) is 0 Å². The van der Waals surface area contributed by atoms with Crippen LogP contribution in [0.1, 0.15) is 15.9 Å². The Kier molecular flexibility index (Phi) is 5.10. The average Bonchev–Trinajstić information content (AvgIpc) is 3.40. The predicted octanol–water partition coefficient (Wildman–Crippen LogP) is 4.89. The lowest BCUT2D eigenvalue weighted by Gasteiger charge is -2.14. The molecule has 1 amide bonds. The van der Waals surface area contributed by atoms with Crippen molar-refractivity contribution >= 4 is 23.2 Å². The number of halogens is 1. The number of carbonyl (C=O) groups excluding carboxylic acids is 1. The third-order valence-electron chi connectivity index (χ3n) is 4.57. The van der Waals surface area contributed by atoms with Gasteiger partial charge in [0.05, 0.1) is 24.7 Å². The molecule has 2 heterocycles. The van der Waals surface area contributed by atoms with Gasteiger partial charge in [-0.15, -0.1) is 0 Å². The van der Waals surface area contributed by atoms with Crippen LogP contribution in [0.25, 0.3) is 11.5 Å². The molecule has 4 aromatic rings. The minimum absolute atomic E-state index is 0.295. The predicted molar refractivity (Wildman–Crippen MR) is 114 cm³/mol. The fourth-order valence-electron chi connectivity index (χ4n) is 3.10. The highest BCUT2D eigenvalue weighted by Crippen LogP contribution is 2.31. The summed E-state index contributed by atoms with van der Waals surface area (Å²) in [6, 6.07) is 16.9. The molecular weight excluding hydrogens is 388 g/mol. The molecule has 0 radical (unpaired) electrons. The number of aromatic nitrogens is 3. The molecule has 0 aliphatic carbocycles. The number of methoxy groups -OCH3 is 1. The van der Waals surface area contributed by atoms with Crippen LogP contribution in [0.2, 0.25) is 5.02 Å². The van der Waals surface area contributed by atoms with E-state index in [9.17, 15) is 4.79 Å². The van der Waals surface area contributed by atoms with Gasteiger partial charge in [0.25, 0.3) is 5.91 Å². The molecule has 0 saturated carbocycles. The molecule has 1 N–H and O–H groups in total. The van der Waals surface area contributed by atoms with Gasteiger partial charge < -0.3 is 14.6 Å². The lowest BCUT2D eigenvalue weighted by Crippen LogP contribution is -2.16. The fourth-order valence-corrected chi connectivity index (χ4v) is 3.26. The van der Waals surface area contributed by atoms with Crippen molar-refractivity contribution < 1.29 is 9.53 Å². The van der Waals surface area contributed by atoms with Crippen LogP contribution in [0.4, 0.5) is 5.69 Å². The molecule has 29 heavy (non-hydrogen) atoms. The van der Waals surface area contributed by atoms with Crippen LogP contribution in [-0.2, 0) is 0 Å². The first kappa shape index (κ1) is 18.8. The summed E-state index contributed by atoms with van der Waals surface area (Å²) in [5, 5.41) is 7.96. The average molecular weight is 407 g/mol. The van der Waals surface area contributed by atoms with E-state index in [1.807, 2.05) is 66.3 Å². The number of benzene rings is 2. The lowest BCUT2D eigenvalue weighted by molar-refractivity contribution is 0.102. The van der Waals surface area contributed by atoms with Crippen molar-refractivity contribution in [3.05, 3.63) is 89.3 Å². The molecule has 0 unspecified atom stereocenters. The van der Waals surface area contributed by atoms with Crippen molar-refractivity contribution in [2.45, 2.75) is 6.92 Å². The standard InChI is InChI=1S/C22H19ClN4O2/c1-15-12-19(20(29-2)13-18(15)23)25-21(28)17-14-24-27(16-8-4-3-5-9-16)22(17)26-10-6-7-11-26/h3-14H,1-2H3,(H,25,28). The third kappa shape index (κ3) is 3.62. The fraction of sp³-hybridized carbons (Fsp3) is 0.0909. The molecular formula is C22H19ClN4O2. The Morgan fingerprint density at radius 1 is 1.10 bits per heavy atom. The van der Waals surface area contributed by atoms with Gasteiger partial charge in [-0.05, 0) is 42.8 Å². The van der Waals surface area contributed by atoms with Crippen LogP contribution < -0.4 is 10.1 Å². The minimum Gasteiger partial charge on any atom is -0.495 e. The summed E-state index contributed by atoms with van der Waals surface area (Å²) < 4.78 is 8.97. The molecule has 0 spiro atoms. The SMILES string of the molecule is COc1cc(Cl)c(C)cc1NC(=O)c1cnn(-c2ccccc2)c1-n1cccc1. The van der Waals surface area contributed by atoms with Gasteiger partial charge in [0.1, 0.15) is 11.3 Å². The Hall–Kier alpha value is -3.51. The molecule has 0 atom stereocenters. The van der Waals surface area contributed by atoms with E-state index >= 15 is 0 Å². The summed E-state index contributed by atoms with van der Waals surface area (Å²) >= 11 is 6.17. The lowest BCUT2D eigenvalue weighted by atomic mass is 10.2. The smallest absolute Gasteiger partial charge is 0.261 e. The van der Waals surface area contributed by atoms with Crippen LogP contribution >= 0.6 is 11.6 Å². The van der Waals surface area contributed by atoms with Crippen molar-refractivity contribution in [2.75, 3.05) is 12.4 Å². The molecule has 0 bridgehead atoms. The first-order chi connectivity index (χ1) is 14.1. The van der Waals surface area contributed by atoms with Gasteiger partial charge in [0.15, 0.2) is 5.82 Å². The van der Waals surface area contributed by atoms with Crippen molar-refractivity contribution in [2.24, 2.45) is 0 Å². The van der Waals surface area contributed by atoms with E-state index in [2.05, 4.69) is 10.4 Å². The molecule has 0 aliphatic heterocycles. The van der Waals surface area contributed by atoms with Gasteiger partial charge in [-0.1, -0.05) is 29.8 Å². The second-order valence-electron chi connectivity index (χ2n) is 6.48. The summed E-state index contributed by atoms with van der Waals surface area (Å²) in [7, 11) is 1.54. The topological polar surface area (TPSA) is 61.1 Å². The van der Waals surface area contributed by atoms with E-state index in [4.69, 9.17) is 16.3 Å². The number of nitrogens with one attached hydrogen (secondary N) is 1. The molecule has 2 aromatic heterocycles. The zero-order valence-corrected chi connectivity index (χ0v) is 16.7. The summed E-state index contributed by atoms with van der Waals surface area (Å²) in [6.07, 6.45) is 5.31. The number of hydrogen-bond acceptors (Lipinski definition) is 3. The second-order valence-corrected chi connectivity index (χ2v) is 6.88. The Morgan fingerprint density at radius 3 is 2.52 bits per heavy atom. The van der Waals surface area contributed by atoms with Gasteiger partial charge in [-0.25, -0.2) is 4.68 Å². The first-order valence-corrected chi connectivity index (χ1v) is 9.38. The number of para-hydroxylation sites is 1. The summed E-state index contributed by atoms with van der Waals surface area (Å²) in [4.78, 5) is 13.2. The maximum absolute atomic E-state index is 13.2. The maximum Gasteiger partial charge on any atom is 0.261 e. The van der Waals surface area contributed by atoms with Gasteiger partial charge in [-0.2, -0.15) is 5.10 Å². The van der Waals surface area contributed by atoms with Crippen molar-refractivity contribution in [1.82, 2.24) is 14.3 Å². The number of rotatable bonds is 5. The highest BCUT2D eigenvalue weighted by molar-refractivity contribution is 6.31. The van der Waals surface area contributed by atoms with Crippen molar-refractivity contribution in [3.8, 4) is 17.3 Å².